The summed E-state index contributed by atoms with van der Waals surface area (Å²) in [6.07, 6.45) is 1.58. The Balaban J connectivity index is 2.59. The second-order valence-corrected chi connectivity index (χ2v) is 6.43. The van der Waals surface area contributed by atoms with Crippen LogP contribution in [0.15, 0.2) is 41.4 Å². The van der Waals surface area contributed by atoms with E-state index < -0.39 is 16.0 Å². The predicted octanol–water partition coefficient (Wildman–Crippen LogP) is 2.02. The van der Waals surface area contributed by atoms with E-state index in [1.165, 1.54) is 18.2 Å². The minimum Gasteiger partial charge on any atom is -0.461 e. The standard InChI is InChI=1S/C15H15NO5S/c1-3-21-15(18)14-8-12(10-17)9-16(14)22(19,20)13-6-4-11(2)5-7-13/h4-10H,3H2,1-2H3. The number of nitrogens with zero attached hydrogens (tertiary/aromatic N) is 1. The Morgan fingerprint density at radius 1 is 1.27 bits per heavy atom. The van der Waals surface area contributed by atoms with Crippen molar-refractivity contribution in [2.24, 2.45) is 0 Å². The first-order valence-corrected chi connectivity index (χ1v) is 8.01. The smallest absolute Gasteiger partial charge is 0.356 e. The van der Waals surface area contributed by atoms with Gasteiger partial charge in [0.15, 0.2) is 6.29 Å². The van der Waals surface area contributed by atoms with Crippen molar-refractivity contribution in [2.75, 3.05) is 6.61 Å². The highest BCUT2D eigenvalue weighted by Crippen LogP contribution is 2.19. The molecule has 6 nitrogen and oxygen atoms in total. The third-order valence-electron chi connectivity index (χ3n) is 3.01. The lowest BCUT2D eigenvalue weighted by atomic mass is 10.2. The summed E-state index contributed by atoms with van der Waals surface area (Å²) >= 11 is 0. The Bertz CT molecular complexity index is 803. The molecule has 0 fully saturated rings. The molecule has 0 radical (unpaired) electrons. The zero-order valence-corrected chi connectivity index (χ0v) is 13.0. The summed E-state index contributed by atoms with van der Waals surface area (Å²) in [7, 11) is -3.98. The van der Waals surface area contributed by atoms with E-state index in [2.05, 4.69) is 0 Å². The van der Waals surface area contributed by atoms with E-state index in [0.717, 1.165) is 15.7 Å². The minimum atomic E-state index is -3.98. The molecule has 7 heteroatoms. The van der Waals surface area contributed by atoms with Gasteiger partial charge in [0.05, 0.1) is 11.5 Å². The van der Waals surface area contributed by atoms with Gasteiger partial charge in [-0.25, -0.2) is 17.2 Å². The maximum Gasteiger partial charge on any atom is 0.356 e. The van der Waals surface area contributed by atoms with E-state index >= 15 is 0 Å². The molecule has 0 saturated heterocycles. The molecule has 22 heavy (non-hydrogen) atoms. The molecule has 0 bridgehead atoms. The molecule has 0 unspecified atom stereocenters. The Labute approximate surface area is 128 Å². The van der Waals surface area contributed by atoms with E-state index in [-0.39, 0.29) is 22.8 Å². The summed E-state index contributed by atoms with van der Waals surface area (Å²) < 4.78 is 30.9. The van der Waals surface area contributed by atoms with Gasteiger partial charge in [0.2, 0.25) is 0 Å². The van der Waals surface area contributed by atoms with Crippen LogP contribution < -0.4 is 0 Å². The molecule has 2 aromatic rings. The number of carbonyl (C=O) groups excluding carboxylic acids is 2. The van der Waals surface area contributed by atoms with Gasteiger partial charge in [-0.3, -0.25) is 4.79 Å². The molecule has 0 aliphatic carbocycles. The summed E-state index contributed by atoms with van der Waals surface area (Å²) in [5, 5.41) is 0. The van der Waals surface area contributed by atoms with Crippen LogP contribution in [0, 0.1) is 6.92 Å². The van der Waals surface area contributed by atoms with Crippen LogP contribution in [0.5, 0.6) is 0 Å². The SMILES string of the molecule is CCOC(=O)c1cc(C=O)cn1S(=O)(=O)c1ccc(C)cc1. The molecule has 0 N–H and O–H groups in total. The van der Waals surface area contributed by atoms with E-state index in [9.17, 15) is 18.0 Å². The maximum atomic E-state index is 12.6. The van der Waals surface area contributed by atoms with Crippen LogP contribution in [-0.2, 0) is 14.8 Å². The highest BCUT2D eigenvalue weighted by Gasteiger charge is 2.25. The molecule has 1 heterocycles. The summed E-state index contributed by atoms with van der Waals surface area (Å²) in [5.41, 5.74) is 0.786. The van der Waals surface area contributed by atoms with Gasteiger partial charge in [0.25, 0.3) is 10.0 Å². The fraction of sp³-hybridized carbons (Fsp3) is 0.200. The van der Waals surface area contributed by atoms with Crippen LogP contribution in [0.1, 0.15) is 33.3 Å². The largest absolute Gasteiger partial charge is 0.461 e. The lowest BCUT2D eigenvalue weighted by Crippen LogP contribution is -2.19. The van der Waals surface area contributed by atoms with Crippen molar-refractivity contribution in [1.82, 2.24) is 3.97 Å². The summed E-state index contributed by atoms with van der Waals surface area (Å²) in [4.78, 5) is 22.8. The molecule has 0 aliphatic rings. The van der Waals surface area contributed by atoms with Crippen LogP contribution >= 0.6 is 0 Å². The molecule has 0 atom stereocenters. The van der Waals surface area contributed by atoms with Gasteiger partial charge in [-0.05, 0) is 32.0 Å². The number of hydrogen-bond acceptors (Lipinski definition) is 5. The molecule has 0 aliphatic heterocycles. The Kier molecular flexibility index (Phi) is 4.46. The van der Waals surface area contributed by atoms with Crippen molar-refractivity contribution >= 4 is 22.3 Å². The van der Waals surface area contributed by atoms with Crippen LogP contribution in [0.2, 0.25) is 0 Å². The van der Waals surface area contributed by atoms with Gasteiger partial charge in [0, 0.05) is 11.8 Å². The van der Waals surface area contributed by atoms with E-state index in [1.54, 1.807) is 19.1 Å². The van der Waals surface area contributed by atoms with E-state index in [4.69, 9.17) is 4.74 Å². The average Bonchev–Trinajstić information content (AvgIpc) is 2.93. The topological polar surface area (TPSA) is 82.4 Å². The molecule has 0 saturated carbocycles. The van der Waals surface area contributed by atoms with Crippen molar-refractivity contribution in [3.8, 4) is 0 Å². The number of aromatic nitrogens is 1. The van der Waals surface area contributed by atoms with Gasteiger partial charge < -0.3 is 4.74 Å². The fourth-order valence-electron chi connectivity index (χ4n) is 1.90. The first-order valence-electron chi connectivity index (χ1n) is 6.57. The Morgan fingerprint density at radius 3 is 2.45 bits per heavy atom. The molecule has 116 valence electrons. The van der Waals surface area contributed by atoms with Crippen LogP contribution in [-0.4, -0.2) is 31.3 Å². The summed E-state index contributed by atoms with van der Waals surface area (Å²) in [5.74, 6) is -0.800. The summed E-state index contributed by atoms with van der Waals surface area (Å²) in [6.45, 7) is 3.55. The van der Waals surface area contributed by atoms with Gasteiger partial charge in [-0.1, -0.05) is 17.7 Å². The number of hydrogen-bond donors (Lipinski definition) is 0. The number of esters is 1. The van der Waals surface area contributed by atoms with Gasteiger partial charge >= 0.3 is 5.97 Å². The molecule has 0 amide bonds. The number of aldehydes is 1. The quantitative estimate of drug-likeness (QED) is 0.621. The average molecular weight is 321 g/mol. The summed E-state index contributed by atoms with van der Waals surface area (Å²) in [6, 6.07) is 7.39. The van der Waals surface area contributed by atoms with Crippen molar-refractivity contribution in [2.45, 2.75) is 18.7 Å². The first-order chi connectivity index (χ1) is 10.4. The predicted molar refractivity (Wildman–Crippen MR) is 79.5 cm³/mol. The number of aryl methyl sites for hydroxylation is 1. The highest BCUT2D eigenvalue weighted by molar-refractivity contribution is 7.90. The monoisotopic (exact) mass is 321 g/mol. The second-order valence-electron chi connectivity index (χ2n) is 4.61. The number of benzene rings is 1. The second kappa shape index (κ2) is 6.15. The van der Waals surface area contributed by atoms with E-state index in [1.807, 2.05) is 6.92 Å². The lowest BCUT2D eigenvalue weighted by molar-refractivity contribution is 0.0518. The minimum absolute atomic E-state index is 0.0247. The Hall–Kier alpha value is -2.41. The zero-order valence-electron chi connectivity index (χ0n) is 12.1. The van der Waals surface area contributed by atoms with Crippen molar-refractivity contribution in [3.63, 3.8) is 0 Å². The highest BCUT2D eigenvalue weighted by atomic mass is 32.2. The Morgan fingerprint density at radius 2 is 1.91 bits per heavy atom. The van der Waals surface area contributed by atoms with Crippen molar-refractivity contribution < 1.29 is 22.7 Å². The van der Waals surface area contributed by atoms with Gasteiger partial charge in [0.1, 0.15) is 5.69 Å². The fourth-order valence-corrected chi connectivity index (χ4v) is 3.26. The number of ether oxygens (including phenoxy) is 1. The van der Waals surface area contributed by atoms with Crippen LogP contribution in [0.3, 0.4) is 0 Å². The molecule has 2 rings (SSSR count). The molecular formula is C15H15NO5S. The molecule has 1 aromatic carbocycles. The third kappa shape index (κ3) is 2.94. The van der Waals surface area contributed by atoms with Gasteiger partial charge in [-0.15, -0.1) is 0 Å². The van der Waals surface area contributed by atoms with Gasteiger partial charge in [-0.2, -0.15) is 0 Å². The third-order valence-corrected chi connectivity index (χ3v) is 4.69. The zero-order chi connectivity index (χ0) is 16.3. The maximum absolute atomic E-state index is 12.6. The number of carbonyl (C=O) groups is 2. The van der Waals surface area contributed by atoms with Crippen LogP contribution in [0.4, 0.5) is 0 Å². The first kappa shape index (κ1) is 16.0. The molecule has 0 spiro atoms. The number of rotatable bonds is 5. The normalized spacial score (nSPS) is 11.2. The molecular weight excluding hydrogens is 306 g/mol. The van der Waals surface area contributed by atoms with Crippen molar-refractivity contribution in [1.29, 1.82) is 0 Å². The van der Waals surface area contributed by atoms with E-state index in [0.29, 0.717) is 6.29 Å². The molecule has 1 aromatic heterocycles. The lowest BCUT2D eigenvalue weighted by Gasteiger charge is -2.10. The van der Waals surface area contributed by atoms with Crippen molar-refractivity contribution in [3.05, 3.63) is 53.3 Å². The van der Waals surface area contributed by atoms with Crippen LogP contribution in [0.25, 0.3) is 0 Å².